The minimum Gasteiger partial charge on any atom is -0.398 e. The van der Waals surface area contributed by atoms with Gasteiger partial charge in [-0.05, 0) is 97.9 Å². The van der Waals surface area contributed by atoms with Crippen LogP contribution in [-0.4, -0.2) is 19.5 Å². The molecule has 2 heterocycles. The quantitative estimate of drug-likeness (QED) is 0.403. The molecule has 0 fully saturated rings. The minimum absolute atomic E-state index is 0.135. The highest BCUT2D eigenvalue weighted by Gasteiger charge is 2.30. The van der Waals surface area contributed by atoms with Gasteiger partial charge in [0.25, 0.3) is 5.91 Å². The van der Waals surface area contributed by atoms with E-state index in [0.717, 1.165) is 33.8 Å². The Hall–Kier alpha value is -3.64. The maximum absolute atomic E-state index is 15.7. The number of nitrogens with one attached hydrogen (secondary N) is 1. The zero-order valence-corrected chi connectivity index (χ0v) is 21.6. The molecular weight excluding hydrogens is 469 g/mol. The van der Waals surface area contributed by atoms with Gasteiger partial charge in [-0.3, -0.25) is 4.79 Å². The lowest BCUT2D eigenvalue weighted by atomic mass is 9.97. The molecule has 0 spiro atoms. The van der Waals surface area contributed by atoms with Crippen molar-refractivity contribution in [2.75, 3.05) is 23.8 Å². The Balaban J connectivity index is 1.57. The minimum atomic E-state index is -0.286. The predicted octanol–water partition coefficient (Wildman–Crippen LogP) is 7.07. The molecular formula is C30H30FN3OS. The second-order valence-electron chi connectivity index (χ2n) is 9.34. The van der Waals surface area contributed by atoms with Crippen molar-refractivity contribution in [3.05, 3.63) is 99.2 Å². The molecule has 5 rings (SSSR count). The van der Waals surface area contributed by atoms with E-state index in [1.807, 2.05) is 25.2 Å². The lowest BCUT2D eigenvalue weighted by molar-refractivity contribution is 0.0987. The molecule has 36 heavy (non-hydrogen) atoms. The number of hydrogen-bond donors (Lipinski definition) is 2. The van der Waals surface area contributed by atoms with E-state index in [2.05, 4.69) is 36.5 Å². The summed E-state index contributed by atoms with van der Waals surface area (Å²) in [6, 6.07) is 13.0. The molecule has 0 atom stereocenters. The summed E-state index contributed by atoms with van der Waals surface area (Å²) in [7, 11) is 1.84. The fourth-order valence-electron chi connectivity index (χ4n) is 4.83. The van der Waals surface area contributed by atoms with Crippen molar-refractivity contribution < 1.29 is 9.18 Å². The van der Waals surface area contributed by atoms with Crippen LogP contribution in [0.5, 0.6) is 0 Å². The van der Waals surface area contributed by atoms with E-state index in [0.29, 0.717) is 41.0 Å². The number of allylic oxidation sites excluding steroid dienone is 5. The van der Waals surface area contributed by atoms with Crippen molar-refractivity contribution in [3.8, 4) is 10.4 Å². The van der Waals surface area contributed by atoms with E-state index in [1.165, 1.54) is 22.5 Å². The number of benzene rings is 2. The lowest BCUT2D eigenvalue weighted by Gasteiger charge is -2.24. The predicted molar refractivity (Wildman–Crippen MR) is 149 cm³/mol. The average Bonchev–Trinajstić information content (AvgIpc) is 3.24. The highest BCUT2D eigenvalue weighted by molar-refractivity contribution is 7.16. The molecule has 184 valence electrons. The number of nitrogens with zero attached hydrogens (tertiary/aromatic N) is 1. The van der Waals surface area contributed by atoms with Crippen LogP contribution in [0.2, 0.25) is 0 Å². The third-order valence-electron chi connectivity index (χ3n) is 6.98. The van der Waals surface area contributed by atoms with Gasteiger partial charge in [-0.25, -0.2) is 4.39 Å². The molecule has 1 aromatic heterocycles. The Morgan fingerprint density at radius 1 is 1.14 bits per heavy atom. The molecule has 0 saturated carbocycles. The van der Waals surface area contributed by atoms with Gasteiger partial charge in [-0.15, -0.1) is 11.3 Å². The van der Waals surface area contributed by atoms with Crippen LogP contribution in [0, 0.1) is 12.7 Å². The standard InChI is InChI=1S/C30H30FN3OS/c1-18-6-4-5-7-21(18)16-24(32)26-17-22-14-15-34(30(35)20-9-11-23(33-3)12-10-20)25-13-8-19(2)28(31)27(25)29(22)36-26/h4,6,8-13,16-17,33H,5,7,14-15,32H2,1-3H3/b24-16-. The normalized spacial score (nSPS) is 15.4. The van der Waals surface area contributed by atoms with Crippen molar-refractivity contribution in [1.82, 2.24) is 0 Å². The molecule has 1 amide bonds. The van der Waals surface area contributed by atoms with Crippen molar-refractivity contribution in [1.29, 1.82) is 0 Å². The number of anilines is 2. The van der Waals surface area contributed by atoms with Crippen molar-refractivity contribution in [3.63, 3.8) is 0 Å². The largest absolute Gasteiger partial charge is 0.398 e. The van der Waals surface area contributed by atoms with Crippen LogP contribution in [-0.2, 0) is 6.42 Å². The average molecular weight is 500 g/mol. The number of hydrogen-bond acceptors (Lipinski definition) is 4. The Morgan fingerprint density at radius 3 is 2.64 bits per heavy atom. The van der Waals surface area contributed by atoms with E-state index < -0.39 is 0 Å². The second-order valence-corrected chi connectivity index (χ2v) is 10.4. The first-order chi connectivity index (χ1) is 17.4. The van der Waals surface area contributed by atoms with Crippen LogP contribution in [0.1, 0.15) is 46.1 Å². The molecule has 1 aliphatic carbocycles. The van der Waals surface area contributed by atoms with Gasteiger partial charge in [0.2, 0.25) is 0 Å². The van der Waals surface area contributed by atoms with Gasteiger partial charge >= 0.3 is 0 Å². The Labute approximate surface area is 215 Å². The summed E-state index contributed by atoms with van der Waals surface area (Å²) in [5.41, 5.74) is 13.9. The molecule has 0 saturated heterocycles. The van der Waals surface area contributed by atoms with Gasteiger partial charge in [0.1, 0.15) is 5.82 Å². The number of rotatable bonds is 4. The molecule has 0 radical (unpaired) electrons. The van der Waals surface area contributed by atoms with Crippen molar-refractivity contribution in [2.24, 2.45) is 5.73 Å². The molecule has 1 aliphatic heterocycles. The summed E-state index contributed by atoms with van der Waals surface area (Å²) in [4.78, 5) is 17.1. The highest BCUT2D eigenvalue weighted by atomic mass is 32.1. The monoisotopic (exact) mass is 499 g/mol. The van der Waals surface area contributed by atoms with Crippen LogP contribution in [0.4, 0.5) is 15.8 Å². The number of thiophene rings is 1. The first kappa shape index (κ1) is 24.1. The van der Waals surface area contributed by atoms with Crippen molar-refractivity contribution in [2.45, 2.75) is 33.1 Å². The summed E-state index contributed by atoms with van der Waals surface area (Å²) < 4.78 is 15.7. The molecule has 0 unspecified atom stereocenters. The van der Waals surface area contributed by atoms with Crippen LogP contribution in [0.25, 0.3) is 16.1 Å². The van der Waals surface area contributed by atoms with Crippen LogP contribution in [0.15, 0.2) is 71.8 Å². The van der Waals surface area contributed by atoms with E-state index in [4.69, 9.17) is 5.73 Å². The maximum Gasteiger partial charge on any atom is 0.258 e. The highest BCUT2D eigenvalue weighted by Crippen LogP contribution is 2.45. The van der Waals surface area contributed by atoms with Crippen LogP contribution < -0.4 is 16.0 Å². The molecule has 0 bridgehead atoms. The van der Waals surface area contributed by atoms with Gasteiger partial charge in [0.15, 0.2) is 0 Å². The zero-order valence-electron chi connectivity index (χ0n) is 20.8. The second kappa shape index (κ2) is 9.78. The number of nitrogens with two attached hydrogens (primary N) is 1. The molecule has 3 aromatic rings. The summed E-state index contributed by atoms with van der Waals surface area (Å²) in [6.07, 6.45) is 8.98. The molecule has 2 aliphatic rings. The Morgan fingerprint density at radius 2 is 1.92 bits per heavy atom. The number of aryl methyl sites for hydroxylation is 1. The van der Waals surface area contributed by atoms with Crippen LogP contribution in [0.3, 0.4) is 0 Å². The summed E-state index contributed by atoms with van der Waals surface area (Å²) in [6.45, 7) is 4.33. The number of fused-ring (bicyclic) bond motifs is 3. The first-order valence-electron chi connectivity index (χ1n) is 12.2. The Kier molecular flexibility index (Phi) is 6.54. The van der Waals surface area contributed by atoms with Gasteiger partial charge < -0.3 is 16.0 Å². The molecule has 2 aromatic carbocycles. The fourth-order valence-corrected chi connectivity index (χ4v) is 6.01. The smallest absolute Gasteiger partial charge is 0.258 e. The van der Waals surface area contributed by atoms with E-state index in [9.17, 15) is 4.79 Å². The van der Waals surface area contributed by atoms with E-state index >= 15 is 4.39 Å². The number of halogens is 1. The maximum atomic E-state index is 15.7. The molecule has 6 heteroatoms. The van der Waals surface area contributed by atoms with Gasteiger partial charge in [0.05, 0.1) is 16.1 Å². The van der Waals surface area contributed by atoms with Gasteiger partial charge in [0, 0.05) is 35.4 Å². The summed E-state index contributed by atoms with van der Waals surface area (Å²) >= 11 is 1.51. The van der Waals surface area contributed by atoms with Gasteiger partial charge in [-0.2, -0.15) is 0 Å². The van der Waals surface area contributed by atoms with Gasteiger partial charge in [-0.1, -0.05) is 18.2 Å². The third-order valence-corrected chi connectivity index (χ3v) is 8.22. The summed E-state index contributed by atoms with van der Waals surface area (Å²) in [5.74, 6) is -0.421. The SMILES string of the molecule is CNc1ccc(C(=O)N2CCc3cc(/C(N)=C/C4=C(C)C=CCC4)sc3-c3c2ccc(C)c3F)cc1. The van der Waals surface area contributed by atoms with Crippen molar-refractivity contribution >= 4 is 34.3 Å². The Bertz CT molecular complexity index is 1430. The summed E-state index contributed by atoms with van der Waals surface area (Å²) in [5, 5.41) is 3.07. The molecule has 3 N–H and O–H groups in total. The fraction of sp³-hybridized carbons (Fsp3) is 0.233. The number of carbonyl (C=O) groups excluding carboxylic acids is 1. The molecule has 4 nitrogen and oxygen atoms in total. The van der Waals surface area contributed by atoms with E-state index in [-0.39, 0.29) is 11.7 Å². The van der Waals surface area contributed by atoms with Crippen LogP contribution >= 0.6 is 11.3 Å². The topological polar surface area (TPSA) is 58.4 Å². The number of amides is 1. The third kappa shape index (κ3) is 4.37. The van der Waals surface area contributed by atoms with E-state index in [1.54, 1.807) is 30.0 Å². The zero-order chi connectivity index (χ0) is 25.4. The lowest BCUT2D eigenvalue weighted by Crippen LogP contribution is -2.32. The number of carbonyl (C=O) groups is 1. The first-order valence-corrected chi connectivity index (χ1v) is 13.0.